The molecule has 0 bridgehead atoms. The van der Waals surface area contributed by atoms with Crippen LogP contribution < -0.4 is 15.0 Å². The first-order valence-corrected chi connectivity index (χ1v) is 12.1. The fourth-order valence-corrected chi connectivity index (χ4v) is 5.25. The second-order valence-corrected chi connectivity index (χ2v) is 9.02. The third-order valence-electron chi connectivity index (χ3n) is 6.52. The van der Waals surface area contributed by atoms with Gasteiger partial charge in [-0.1, -0.05) is 6.07 Å². The van der Waals surface area contributed by atoms with Gasteiger partial charge in [0.15, 0.2) is 5.11 Å². The number of nitrogens with zero attached hydrogens (tertiary/aromatic N) is 3. The van der Waals surface area contributed by atoms with Gasteiger partial charge in [0.1, 0.15) is 11.8 Å². The van der Waals surface area contributed by atoms with E-state index in [1.165, 1.54) is 18.5 Å². The Bertz CT molecular complexity index is 1060. The van der Waals surface area contributed by atoms with Crippen LogP contribution in [-0.4, -0.2) is 34.5 Å². The summed E-state index contributed by atoms with van der Waals surface area (Å²) < 4.78 is 13.8. The topological polar surface area (TPSA) is 51.5 Å². The molecule has 0 unspecified atom stereocenters. The smallest absolute Gasteiger partial charge is 0.174 e. The van der Waals surface area contributed by atoms with Crippen molar-refractivity contribution in [1.29, 1.82) is 0 Å². The van der Waals surface area contributed by atoms with E-state index in [4.69, 9.17) is 21.7 Å². The summed E-state index contributed by atoms with van der Waals surface area (Å²) >= 11 is 5.85. The molecule has 3 aromatic rings. The van der Waals surface area contributed by atoms with Crippen molar-refractivity contribution in [2.45, 2.75) is 50.4 Å². The zero-order valence-corrected chi connectivity index (χ0v) is 19.7. The lowest BCUT2D eigenvalue weighted by Crippen LogP contribution is -2.30. The molecule has 33 heavy (non-hydrogen) atoms. The lowest BCUT2D eigenvalue weighted by Gasteiger charge is -2.29. The molecule has 2 atom stereocenters. The Kier molecular flexibility index (Phi) is 6.60. The molecule has 1 aromatic carbocycles. The molecule has 6 nitrogen and oxygen atoms in total. The van der Waals surface area contributed by atoms with E-state index in [0.29, 0.717) is 17.8 Å². The zero-order chi connectivity index (χ0) is 22.6. The number of methoxy groups -OCH3 is 1. The van der Waals surface area contributed by atoms with Gasteiger partial charge in [0, 0.05) is 37.4 Å². The number of rotatable bonds is 8. The first-order chi connectivity index (χ1) is 16.2. The van der Waals surface area contributed by atoms with Crippen LogP contribution in [0.3, 0.4) is 0 Å². The Morgan fingerprint density at radius 3 is 2.61 bits per heavy atom. The minimum atomic E-state index is -0.0655. The van der Waals surface area contributed by atoms with Crippen LogP contribution in [-0.2, 0) is 11.3 Å². The normalized spacial score (nSPS) is 20.9. The molecule has 0 radical (unpaired) electrons. The molecule has 0 amide bonds. The number of hydrogen-bond donors (Lipinski definition) is 1. The highest BCUT2D eigenvalue weighted by molar-refractivity contribution is 7.80. The minimum absolute atomic E-state index is 0.0409. The quantitative estimate of drug-likeness (QED) is 0.474. The summed E-state index contributed by atoms with van der Waals surface area (Å²) in [5, 5.41) is 4.23. The molecule has 2 aromatic heterocycles. The average Bonchev–Trinajstić information content (AvgIpc) is 3.59. The Labute approximate surface area is 200 Å². The second-order valence-electron chi connectivity index (χ2n) is 8.63. The molecule has 2 fully saturated rings. The number of ether oxygens (including phenoxy) is 2. The molecule has 5 rings (SSSR count). The van der Waals surface area contributed by atoms with Crippen LogP contribution in [0.2, 0.25) is 0 Å². The monoisotopic (exact) mass is 462 g/mol. The predicted molar refractivity (Wildman–Crippen MR) is 134 cm³/mol. The maximum absolute atomic E-state index is 6.18. The molecule has 0 spiro atoms. The van der Waals surface area contributed by atoms with Crippen LogP contribution >= 0.6 is 12.2 Å². The second kappa shape index (κ2) is 9.93. The van der Waals surface area contributed by atoms with Crippen molar-refractivity contribution >= 4 is 23.0 Å². The van der Waals surface area contributed by atoms with Crippen LogP contribution in [0, 0.1) is 0 Å². The van der Waals surface area contributed by atoms with Gasteiger partial charge in [0.25, 0.3) is 0 Å². The van der Waals surface area contributed by atoms with Crippen molar-refractivity contribution in [3.05, 3.63) is 78.4 Å². The van der Waals surface area contributed by atoms with Crippen molar-refractivity contribution in [1.82, 2.24) is 14.9 Å². The van der Waals surface area contributed by atoms with Crippen molar-refractivity contribution < 1.29 is 9.47 Å². The van der Waals surface area contributed by atoms with E-state index >= 15 is 0 Å². The van der Waals surface area contributed by atoms with E-state index in [1.807, 2.05) is 18.3 Å². The fourth-order valence-electron chi connectivity index (χ4n) is 4.91. The lowest BCUT2D eigenvalue weighted by molar-refractivity contribution is 0.186. The van der Waals surface area contributed by atoms with E-state index in [2.05, 4.69) is 68.4 Å². The van der Waals surface area contributed by atoms with E-state index < -0.39 is 0 Å². The molecule has 1 N–H and O–H groups in total. The molecular weight excluding hydrogens is 432 g/mol. The van der Waals surface area contributed by atoms with Gasteiger partial charge >= 0.3 is 0 Å². The summed E-state index contributed by atoms with van der Waals surface area (Å²) in [5.74, 6) is 0.921. The number of hydrogen-bond acceptors (Lipinski definition) is 4. The van der Waals surface area contributed by atoms with E-state index in [9.17, 15) is 0 Å². The standard InChI is InChI=1S/C26H30N4O2S/c1-31-18-17-29-16-6-10-23(29)25-24(22-9-4-5-15-27-22)28-26(33)30(25)19-11-13-21(14-12-19)32-20-7-2-3-8-20/h4-6,9-16,20,24-25H,2-3,7-8,17-18H2,1H3,(H,28,33)/t24-,25-/m1/s1. The molecule has 2 aliphatic rings. The van der Waals surface area contributed by atoms with Gasteiger partial charge in [-0.2, -0.15) is 0 Å². The first-order valence-electron chi connectivity index (χ1n) is 11.7. The fraction of sp³-hybridized carbons (Fsp3) is 0.385. The predicted octanol–water partition coefficient (Wildman–Crippen LogP) is 5.03. The number of anilines is 1. The Balaban J connectivity index is 1.48. The van der Waals surface area contributed by atoms with Gasteiger partial charge in [-0.25, -0.2) is 0 Å². The average molecular weight is 463 g/mol. The molecule has 1 saturated heterocycles. The maximum atomic E-state index is 6.18. The number of pyridine rings is 1. The van der Waals surface area contributed by atoms with Crippen LogP contribution in [0.5, 0.6) is 5.75 Å². The van der Waals surface area contributed by atoms with Crippen LogP contribution in [0.25, 0.3) is 0 Å². The van der Waals surface area contributed by atoms with Gasteiger partial charge in [-0.3, -0.25) is 4.98 Å². The Hall–Kier alpha value is -2.90. The molecule has 1 saturated carbocycles. The minimum Gasteiger partial charge on any atom is -0.490 e. The largest absolute Gasteiger partial charge is 0.490 e. The molecule has 1 aliphatic carbocycles. The van der Waals surface area contributed by atoms with Crippen LogP contribution in [0.15, 0.2) is 67.0 Å². The molecule has 7 heteroatoms. The highest BCUT2D eigenvalue weighted by Gasteiger charge is 2.42. The molecular formula is C26H30N4O2S. The molecule has 3 heterocycles. The van der Waals surface area contributed by atoms with Gasteiger partial charge < -0.3 is 24.3 Å². The van der Waals surface area contributed by atoms with Gasteiger partial charge in [0.2, 0.25) is 0 Å². The third-order valence-corrected chi connectivity index (χ3v) is 6.84. The Morgan fingerprint density at radius 2 is 1.88 bits per heavy atom. The summed E-state index contributed by atoms with van der Waals surface area (Å²) in [6, 6.07) is 18.5. The highest BCUT2D eigenvalue weighted by Crippen LogP contribution is 2.42. The van der Waals surface area contributed by atoms with Gasteiger partial charge in [0.05, 0.1) is 24.4 Å². The summed E-state index contributed by atoms with van der Waals surface area (Å²) in [5.41, 5.74) is 3.17. The van der Waals surface area contributed by atoms with Crippen molar-refractivity contribution in [3.63, 3.8) is 0 Å². The van der Waals surface area contributed by atoms with E-state index in [-0.39, 0.29) is 12.1 Å². The van der Waals surface area contributed by atoms with Gasteiger partial charge in [-0.15, -0.1) is 0 Å². The van der Waals surface area contributed by atoms with Crippen LogP contribution in [0.4, 0.5) is 5.69 Å². The van der Waals surface area contributed by atoms with Crippen molar-refractivity contribution in [2.24, 2.45) is 0 Å². The molecule has 172 valence electrons. The lowest BCUT2D eigenvalue weighted by atomic mass is 10.0. The maximum Gasteiger partial charge on any atom is 0.174 e. The van der Waals surface area contributed by atoms with Crippen LogP contribution in [0.1, 0.15) is 49.2 Å². The highest BCUT2D eigenvalue weighted by atomic mass is 32.1. The SMILES string of the molecule is COCCn1cccc1[C@@H]1[C@@H](c2ccccn2)NC(=S)N1c1ccc(OC2CCCC2)cc1. The number of benzene rings is 1. The van der Waals surface area contributed by atoms with Crippen molar-refractivity contribution in [3.8, 4) is 5.75 Å². The van der Waals surface area contributed by atoms with Crippen molar-refractivity contribution in [2.75, 3.05) is 18.6 Å². The zero-order valence-electron chi connectivity index (χ0n) is 18.9. The summed E-state index contributed by atoms with van der Waals surface area (Å²) in [7, 11) is 1.73. The third kappa shape index (κ3) is 4.61. The van der Waals surface area contributed by atoms with E-state index in [1.54, 1.807) is 7.11 Å². The summed E-state index contributed by atoms with van der Waals surface area (Å²) in [4.78, 5) is 6.85. The summed E-state index contributed by atoms with van der Waals surface area (Å²) in [6.07, 6.45) is 9.09. The number of aromatic nitrogens is 2. The number of nitrogens with one attached hydrogen (secondary N) is 1. The summed E-state index contributed by atoms with van der Waals surface area (Å²) in [6.45, 7) is 1.42. The van der Waals surface area contributed by atoms with E-state index in [0.717, 1.165) is 36.5 Å². The molecule has 1 aliphatic heterocycles. The first kappa shape index (κ1) is 21.9. The number of thiocarbonyl (C=S) groups is 1. The Morgan fingerprint density at radius 1 is 1.06 bits per heavy atom. The van der Waals surface area contributed by atoms with Gasteiger partial charge in [-0.05, 0) is 86.4 Å².